The molecule has 5 nitrogen and oxygen atoms in total. The fraction of sp³-hybridized carbons (Fsp3) is 0.200. The van der Waals surface area contributed by atoms with Gasteiger partial charge in [-0.15, -0.1) is 0 Å². The molecule has 0 atom stereocenters. The summed E-state index contributed by atoms with van der Waals surface area (Å²) >= 11 is 0. The Balaban J connectivity index is 1.43. The first-order valence-electron chi connectivity index (χ1n) is 9.95. The van der Waals surface area contributed by atoms with Crippen molar-refractivity contribution in [2.45, 2.75) is 26.2 Å². The highest BCUT2D eigenvalue weighted by molar-refractivity contribution is 6.04. The van der Waals surface area contributed by atoms with Gasteiger partial charge in [-0.1, -0.05) is 32.0 Å². The predicted molar refractivity (Wildman–Crippen MR) is 118 cm³/mol. The standard InChI is InChI=1S/C25H24N2O3/c1-16(2)19-8-13-23-22(15-19)27-24(30-23)14-17-4-9-20(10-5-17)26-25(28)18-6-11-21(29-3)12-7-18/h4-13,15-16H,14H2,1-3H3,(H,26,28). The van der Waals surface area contributed by atoms with Gasteiger partial charge >= 0.3 is 0 Å². The van der Waals surface area contributed by atoms with E-state index in [4.69, 9.17) is 9.15 Å². The molecule has 4 aromatic rings. The van der Waals surface area contributed by atoms with Crippen LogP contribution in [-0.2, 0) is 6.42 Å². The summed E-state index contributed by atoms with van der Waals surface area (Å²) in [6, 6.07) is 20.9. The van der Waals surface area contributed by atoms with Gasteiger partial charge in [-0.3, -0.25) is 4.79 Å². The van der Waals surface area contributed by atoms with E-state index in [0.717, 1.165) is 28.1 Å². The van der Waals surface area contributed by atoms with Crippen molar-refractivity contribution < 1.29 is 13.9 Å². The number of ether oxygens (including phenoxy) is 1. The highest BCUT2D eigenvalue weighted by atomic mass is 16.5. The van der Waals surface area contributed by atoms with Gasteiger partial charge in [0, 0.05) is 17.7 Å². The van der Waals surface area contributed by atoms with Crippen molar-refractivity contribution in [3.8, 4) is 5.75 Å². The number of nitrogens with one attached hydrogen (secondary N) is 1. The summed E-state index contributed by atoms with van der Waals surface area (Å²) in [5.41, 5.74) is 5.32. The van der Waals surface area contributed by atoms with Crippen LogP contribution in [0.5, 0.6) is 5.75 Å². The second-order valence-electron chi connectivity index (χ2n) is 7.55. The molecule has 0 spiro atoms. The molecule has 1 aromatic heterocycles. The molecular formula is C25H24N2O3. The third-order valence-electron chi connectivity index (χ3n) is 5.04. The molecule has 0 fully saturated rings. The molecule has 0 aliphatic heterocycles. The summed E-state index contributed by atoms with van der Waals surface area (Å²) in [5, 5.41) is 2.91. The Bertz CT molecular complexity index is 1160. The smallest absolute Gasteiger partial charge is 0.255 e. The quantitative estimate of drug-likeness (QED) is 0.444. The highest BCUT2D eigenvalue weighted by Crippen LogP contribution is 2.23. The molecule has 1 amide bonds. The maximum Gasteiger partial charge on any atom is 0.255 e. The number of hydrogen-bond acceptors (Lipinski definition) is 4. The van der Waals surface area contributed by atoms with Gasteiger partial charge in [0.05, 0.1) is 7.11 Å². The second-order valence-corrected chi connectivity index (χ2v) is 7.55. The van der Waals surface area contributed by atoms with Crippen molar-refractivity contribution in [1.29, 1.82) is 0 Å². The molecular weight excluding hydrogens is 376 g/mol. The number of methoxy groups -OCH3 is 1. The van der Waals surface area contributed by atoms with Crippen LogP contribution in [0.4, 0.5) is 5.69 Å². The number of amides is 1. The monoisotopic (exact) mass is 400 g/mol. The van der Waals surface area contributed by atoms with Crippen LogP contribution in [0, 0.1) is 0 Å². The normalized spacial score (nSPS) is 11.1. The number of carbonyl (C=O) groups is 1. The molecule has 1 heterocycles. The van der Waals surface area contributed by atoms with Crippen LogP contribution in [0.1, 0.15) is 47.1 Å². The molecule has 0 radical (unpaired) electrons. The largest absolute Gasteiger partial charge is 0.497 e. The minimum Gasteiger partial charge on any atom is -0.497 e. The lowest BCUT2D eigenvalue weighted by atomic mass is 10.0. The number of anilines is 1. The van der Waals surface area contributed by atoms with E-state index in [1.54, 1.807) is 31.4 Å². The maximum atomic E-state index is 12.4. The number of benzene rings is 3. The molecule has 3 aromatic carbocycles. The molecule has 4 rings (SSSR count). The third-order valence-corrected chi connectivity index (χ3v) is 5.04. The minimum absolute atomic E-state index is 0.162. The van der Waals surface area contributed by atoms with E-state index < -0.39 is 0 Å². The van der Waals surface area contributed by atoms with E-state index in [1.807, 2.05) is 30.3 Å². The van der Waals surface area contributed by atoms with Crippen LogP contribution >= 0.6 is 0 Å². The Hall–Kier alpha value is -3.60. The Morgan fingerprint density at radius 2 is 1.77 bits per heavy atom. The maximum absolute atomic E-state index is 12.4. The van der Waals surface area contributed by atoms with Crippen LogP contribution in [0.3, 0.4) is 0 Å². The number of carbonyl (C=O) groups excluding carboxylic acids is 1. The highest BCUT2D eigenvalue weighted by Gasteiger charge is 2.10. The number of hydrogen-bond donors (Lipinski definition) is 1. The topological polar surface area (TPSA) is 64.4 Å². The average Bonchev–Trinajstić information content (AvgIpc) is 3.16. The summed E-state index contributed by atoms with van der Waals surface area (Å²) in [6.45, 7) is 4.33. The summed E-state index contributed by atoms with van der Waals surface area (Å²) in [5.74, 6) is 1.69. The number of rotatable bonds is 6. The molecule has 0 saturated heterocycles. The molecule has 0 aliphatic carbocycles. The zero-order valence-electron chi connectivity index (χ0n) is 17.3. The summed E-state index contributed by atoms with van der Waals surface area (Å²) < 4.78 is 11.0. The van der Waals surface area contributed by atoms with Gasteiger partial charge in [0.15, 0.2) is 11.5 Å². The Labute approximate surface area is 175 Å². The molecule has 152 valence electrons. The zero-order valence-corrected chi connectivity index (χ0v) is 17.3. The van der Waals surface area contributed by atoms with Crippen LogP contribution in [0.2, 0.25) is 0 Å². The van der Waals surface area contributed by atoms with E-state index >= 15 is 0 Å². The lowest BCUT2D eigenvalue weighted by molar-refractivity contribution is 0.102. The van der Waals surface area contributed by atoms with Gasteiger partial charge in [0.25, 0.3) is 5.91 Å². The third kappa shape index (κ3) is 4.35. The first-order chi connectivity index (χ1) is 14.5. The van der Waals surface area contributed by atoms with Gasteiger partial charge < -0.3 is 14.5 Å². The lowest BCUT2D eigenvalue weighted by Crippen LogP contribution is -2.11. The van der Waals surface area contributed by atoms with E-state index in [1.165, 1.54) is 5.56 Å². The van der Waals surface area contributed by atoms with Gasteiger partial charge in [-0.2, -0.15) is 0 Å². The molecule has 0 bridgehead atoms. The van der Waals surface area contributed by atoms with Crippen molar-refractivity contribution in [1.82, 2.24) is 4.98 Å². The first kappa shape index (κ1) is 19.7. The molecule has 1 N–H and O–H groups in total. The van der Waals surface area contributed by atoms with Crippen molar-refractivity contribution >= 4 is 22.7 Å². The fourth-order valence-corrected chi connectivity index (χ4v) is 3.25. The molecule has 0 unspecified atom stereocenters. The van der Waals surface area contributed by atoms with Crippen LogP contribution in [-0.4, -0.2) is 18.0 Å². The molecule has 0 aliphatic rings. The molecule has 30 heavy (non-hydrogen) atoms. The number of fused-ring (bicyclic) bond motifs is 1. The number of nitrogens with zero attached hydrogens (tertiary/aromatic N) is 1. The van der Waals surface area contributed by atoms with Crippen molar-refractivity contribution in [3.63, 3.8) is 0 Å². The fourth-order valence-electron chi connectivity index (χ4n) is 3.25. The summed E-state index contributed by atoms with van der Waals surface area (Å²) in [7, 11) is 1.60. The van der Waals surface area contributed by atoms with E-state index in [2.05, 4.69) is 36.3 Å². The van der Waals surface area contributed by atoms with Crippen LogP contribution in [0.25, 0.3) is 11.1 Å². The second kappa shape index (κ2) is 8.41. The molecule has 0 saturated carbocycles. The van der Waals surface area contributed by atoms with Gasteiger partial charge in [0.1, 0.15) is 11.3 Å². The zero-order chi connectivity index (χ0) is 21.1. The van der Waals surface area contributed by atoms with Crippen molar-refractivity contribution in [3.05, 3.63) is 89.3 Å². The molecule has 5 heteroatoms. The number of oxazole rings is 1. The van der Waals surface area contributed by atoms with Gasteiger partial charge in [-0.25, -0.2) is 4.98 Å². The van der Waals surface area contributed by atoms with E-state index in [0.29, 0.717) is 23.8 Å². The van der Waals surface area contributed by atoms with Crippen molar-refractivity contribution in [2.75, 3.05) is 12.4 Å². The first-order valence-corrected chi connectivity index (χ1v) is 9.95. The predicted octanol–water partition coefficient (Wildman–Crippen LogP) is 5.80. The Morgan fingerprint density at radius 3 is 2.43 bits per heavy atom. The lowest BCUT2D eigenvalue weighted by Gasteiger charge is -2.07. The van der Waals surface area contributed by atoms with E-state index in [9.17, 15) is 4.79 Å². The Kier molecular flexibility index (Phi) is 5.53. The van der Waals surface area contributed by atoms with Crippen molar-refractivity contribution in [2.24, 2.45) is 0 Å². The summed E-state index contributed by atoms with van der Waals surface area (Å²) in [6.07, 6.45) is 0.596. The van der Waals surface area contributed by atoms with Crippen LogP contribution < -0.4 is 10.1 Å². The van der Waals surface area contributed by atoms with E-state index in [-0.39, 0.29) is 5.91 Å². The SMILES string of the molecule is COc1ccc(C(=O)Nc2ccc(Cc3nc4cc(C(C)C)ccc4o3)cc2)cc1. The Morgan fingerprint density at radius 1 is 1.03 bits per heavy atom. The van der Waals surface area contributed by atoms with Crippen LogP contribution in [0.15, 0.2) is 71.1 Å². The van der Waals surface area contributed by atoms with Gasteiger partial charge in [-0.05, 0) is 65.6 Å². The minimum atomic E-state index is -0.162. The average molecular weight is 400 g/mol. The summed E-state index contributed by atoms with van der Waals surface area (Å²) in [4.78, 5) is 17.0. The van der Waals surface area contributed by atoms with Gasteiger partial charge in [0.2, 0.25) is 0 Å². The number of aromatic nitrogens is 1.